The van der Waals surface area contributed by atoms with E-state index in [1.807, 2.05) is 36.4 Å². The Kier molecular flexibility index (Phi) is 8.05. The standard InChI is InChI=1S/C40H34O4Si/c41-23-25-43-37-21-19-31(27-35(37)29-11-3-1-4-12-29)45(39-17-9-7-15-33(39)34-16-8-10-18-40(34)45)32-20-22-38(44-26-24-42)36(28-32)30-13-5-2-6-14-30/h1-22,27-28,41-42H,23-26H2. The van der Waals surface area contributed by atoms with E-state index in [2.05, 4.69) is 109 Å². The maximum absolute atomic E-state index is 9.58. The maximum Gasteiger partial charge on any atom is 0.180 e. The van der Waals surface area contributed by atoms with Crippen LogP contribution in [0, 0.1) is 0 Å². The fourth-order valence-corrected chi connectivity index (χ4v) is 12.0. The second-order valence-corrected chi connectivity index (χ2v) is 14.9. The summed E-state index contributed by atoms with van der Waals surface area (Å²) in [7, 11) is -2.87. The molecule has 0 saturated heterocycles. The van der Waals surface area contributed by atoms with Crippen LogP contribution >= 0.6 is 0 Å². The average Bonchev–Trinajstić information content (AvgIpc) is 3.41. The first-order valence-corrected chi connectivity index (χ1v) is 17.3. The number of fused-ring (bicyclic) bond motifs is 3. The Bertz CT molecular complexity index is 1800. The Morgan fingerprint density at radius 2 is 0.822 bits per heavy atom. The van der Waals surface area contributed by atoms with Crippen molar-refractivity contribution in [1.82, 2.24) is 0 Å². The molecule has 0 spiro atoms. The van der Waals surface area contributed by atoms with E-state index in [1.165, 1.54) is 31.9 Å². The highest BCUT2D eigenvalue weighted by molar-refractivity contribution is 7.22. The average molecular weight is 607 g/mol. The summed E-state index contributed by atoms with van der Waals surface area (Å²) in [4.78, 5) is 0. The molecule has 0 radical (unpaired) electrons. The normalized spacial score (nSPS) is 12.8. The number of hydrogen-bond acceptors (Lipinski definition) is 4. The van der Waals surface area contributed by atoms with Gasteiger partial charge in [0, 0.05) is 11.1 Å². The molecular formula is C40H34O4Si. The quantitative estimate of drug-likeness (QED) is 0.212. The molecule has 6 aromatic carbocycles. The van der Waals surface area contributed by atoms with Crippen LogP contribution in [-0.4, -0.2) is 44.7 Å². The lowest BCUT2D eigenvalue weighted by atomic mass is 10.0. The lowest BCUT2D eigenvalue weighted by molar-refractivity contribution is 0.202. The Labute approximate surface area is 264 Å². The molecule has 0 unspecified atom stereocenters. The van der Waals surface area contributed by atoms with Gasteiger partial charge in [-0.3, -0.25) is 0 Å². The third-order valence-corrected chi connectivity index (χ3v) is 13.5. The molecule has 4 nitrogen and oxygen atoms in total. The summed E-state index contributed by atoms with van der Waals surface area (Å²) in [5.41, 5.74) is 6.66. The van der Waals surface area contributed by atoms with Crippen molar-refractivity contribution in [3.63, 3.8) is 0 Å². The van der Waals surface area contributed by atoms with Gasteiger partial charge in [0.1, 0.15) is 24.7 Å². The van der Waals surface area contributed by atoms with Crippen molar-refractivity contribution in [3.8, 4) is 44.9 Å². The molecule has 1 aliphatic heterocycles. The highest BCUT2D eigenvalue weighted by Crippen LogP contribution is 2.35. The van der Waals surface area contributed by atoms with Gasteiger partial charge in [0.05, 0.1) is 13.2 Å². The molecule has 0 aromatic heterocycles. The minimum atomic E-state index is -2.87. The summed E-state index contributed by atoms with van der Waals surface area (Å²) >= 11 is 0. The smallest absolute Gasteiger partial charge is 0.180 e. The van der Waals surface area contributed by atoms with Gasteiger partial charge in [0.15, 0.2) is 8.07 Å². The summed E-state index contributed by atoms with van der Waals surface area (Å²) in [6.07, 6.45) is 0. The topological polar surface area (TPSA) is 58.9 Å². The molecule has 1 heterocycles. The summed E-state index contributed by atoms with van der Waals surface area (Å²) in [6.45, 7) is 0.344. The van der Waals surface area contributed by atoms with E-state index in [1.54, 1.807) is 0 Å². The first-order chi connectivity index (χ1) is 22.3. The molecule has 1 aliphatic rings. The van der Waals surface area contributed by atoms with Crippen molar-refractivity contribution in [2.75, 3.05) is 26.4 Å². The van der Waals surface area contributed by atoms with Crippen LogP contribution in [0.2, 0.25) is 0 Å². The van der Waals surface area contributed by atoms with E-state index in [0.29, 0.717) is 0 Å². The summed E-state index contributed by atoms with van der Waals surface area (Å²) in [6, 6.07) is 51.5. The lowest BCUT2D eigenvalue weighted by Crippen LogP contribution is -2.72. The van der Waals surface area contributed by atoms with Gasteiger partial charge in [0.25, 0.3) is 0 Å². The molecule has 7 rings (SSSR count). The lowest BCUT2D eigenvalue weighted by Gasteiger charge is -2.32. The minimum absolute atomic E-state index is 0.0532. The highest BCUT2D eigenvalue weighted by atomic mass is 28.3. The first-order valence-electron chi connectivity index (χ1n) is 15.3. The van der Waals surface area contributed by atoms with Crippen molar-refractivity contribution in [2.45, 2.75) is 0 Å². The van der Waals surface area contributed by atoms with E-state index in [0.717, 1.165) is 33.8 Å². The molecular weight excluding hydrogens is 573 g/mol. The number of hydrogen-bond donors (Lipinski definition) is 2. The van der Waals surface area contributed by atoms with E-state index >= 15 is 0 Å². The SMILES string of the molecule is OCCOc1ccc([Si]2(c3ccc(OCCO)c(-c4ccccc4)c3)c3ccccc3-c3ccccc32)cc1-c1ccccc1. The number of aliphatic hydroxyl groups excluding tert-OH is 2. The molecule has 222 valence electrons. The van der Waals surface area contributed by atoms with Crippen LogP contribution in [0.25, 0.3) is 33.4 Å². The molecule has 0 amide bonds. The number of benzene rings is 6. The van der Waals surface area contributed by atoms with Gasteiger partial charge >= 0.3 is 0 Å². The van der Waals surface area contributed by atoms with Gasteiger partial charge in [-0.2, -0.15) is 0 Å². The first kappa shape index (κ1) is 28.8. The van der Waals surface area contributed by atoms with E-state index in [9.17, 15) is 10.2 Å². The summed E-state index contributed by atoms with van der Waals surface area (Å²) in [5.74, 6) is 1.50. The molecule has 0 atom stereocenters. The zero-order valence-electron chi connectivity index (χ0n) is 24.9. The van der Waals surface area contributed by atoms with Gasteiger partial charge in [-0.1, -0.05) is 133 Å². The van der Waals surface area contributed by atoms with Gasteiger partial charge in [-0.05, 0) is 55.1 Å². The fourth-order valence-electron chi connectivity index (χ4n) is 6.80. The predicted octanol–water partition coefficient (Wildman–Crippen LogP) is 5.12. The predicted molar refractivity (Wildman–Crippen MR) is 185 cm³/mol. The van der Waals surface area contributed by atoms with Gasteiger partial charge in [-0.15, -0.1) is 0 Å². The largest absolute Gasteiger partial charge is 0.491 e. The Morgan fingerprint density at radius 1 is 0.422 bits per heavy atom. The molecule has 0 bridgehead atoms. The number of rotatable bonds is 10. The van der Waals surface area contributed by atoms with Gasteiger partial charge in [-0.25, -0.2) is 0 Å². The molecule has 45 heavy (non-hydrogen) atoms. The van der Waals surface area contributed by atoms with Crippen LogP contribution in [0.15, 0.2) is 146 Å². The van der Waals surface area contributed by atoms with Crippen molar-refractivity contribution >= 4 is 28.8 Å². The van der Waals surface area contributed by atoms with Crippen molar-refractivity contribution in [2.24, 2.45) is 0 Å². The van der Waals surface area contributed by atoms with Crippen LogP contribution in [0.3, 0.4) is 0 Å². The summed E-state index contributed by atoms with van der Waals surface area (Å²) < 4.78 is 12.2. The Morgan fingerprint density at radius 3 is 1.24 bits per heavy atom. The summed E-state index contributed by atoms with van der Waals surface area (Å²) in [5, 5.41) is 24.3. The molecule has 6 aromatic rings. The van der Waals surface area contributed by atoms with E-state index in [-0.39, 0.29) is 26.4 Å². The van der Waals surface area contributed by atoms with Crippen LogP contribution < -0.4 is 30.2 Å². The molecule has 0 saturated carbocycles. The highest BCUT2D eigenvalue weighted by Gasteiger charge is 2.49. The Hall–Kier alpha value is -4.94. The molecule has 2 N–H and O–H groups in total. The maximum atomic E-state index is 9.58. The second kappa shape index (κ2) is 12.6. The second-order valence-electron chi connectivity index (χ2n) is 11.1. The van der Waals surface area contributed by atoms with E-state index < -0.39 is 8.07 Å². The monoisotopic (exact) mass is 606 g/mol. The zero-order chi connectivity index (χ0) is 30.6. The number of aliphatic hydroxyl groups is 2. The molecule has 0 aliphatic carbocycles. The van der Waals surface area contributed by atoms with Crippen molar-refractivity contribution < 1.29 is 19.7 Å². The Balaban J connectivity index is 1.55. The van der Waals surface area contributed by atoms with Gasteiger partial charge in [0.2, 0.25) is 0 Å². The van der Waals surface area contributed by atoms with Crippen LogP contribution in [0.5, 0.6) is 11.5 Å². The van der Waals surface area contributed by atoms with E-state index in [4.69, 9.17) is 9.47 Å². The number of ether oxygens (including phenoxy) is 2. The van der Waals surface area contributed by atoms with Crippen LogP contribution in [0.1, 0.15) is 0 Å². The third kappa shape index (κ3) is 5.05. The fraction of sp³-hybridized carbons (Fsp3) is 0.100. The molecule has 5 heteroatoms. The zero-order valence-corrected chi connectivity index (χ0v) is 25.9. The minimum Gasteiger partial charge on any atom is -0.491 e. The molecule has 0 fully saturated rings. The third-order valence-electron chi connectivity index (χ3n) is 8.64. The van der Waals surface area contributed by atoms with Crippen LogP contribution in [0.4, 0.5) is 0 Å². The van der Waals surface area contributed by atoms with Crippen LogP contribution in [-0.2, 0) is 0 Å². The van der Waals surface area contributed by atoms with Crippen molar-refractivity contribution in [3.05, 3.63) is 146 Å². The van der Waals surface area contributed by atoms with Gasteiger partial charge < -0.3 is 19.7 Å². The van der Waals surface area contributed by atoms with Crippen molar-refractivity contribution in [1.29, 1.82) is 0 Å².